The fraction of sp³-hybridized carbons (Fsp3) is 0.435. The van der Waals surface area contributed by atoms with Gasteiger partial charge in [-0.15, -0.1) is 11.8 Å². The molecule has 0 aromatic heterocycles. The van der Waals surface area contributed by atoms with Crippen LogP contribution in [0.15, 0.2) is 35.2 Å². The summed E-state index contributed by atoms with van der Waals surface area (Å²) in [5.41, 5.74) is 5.64. The molecule has 1 fully saturated rings. The predicted molar refractivity (Wildman–Crippen MR) is 128 cm³/mol. The number of nitrogens with two attached hydrogens (primary N) is 1. The number of hydrogen-bond acceptors (Lipinski definition) is 4. The lowest BCUT2D eigenvalue weighted by atomic mass is 10.00. The molecule has 0 bridgehead atoms. The molecule has 2 aromatic rings. The fourth-order valence-corrected chi connectivity index (χ4v) is 5.04. The number of carbonyl (C=O) groups is 1. The summed E-state index contributed by atoms with van der Waals surface area (Å²) in [5, 5.41) is 3.14. The molecule has 1 heterocycles. The third-order valence-electron chi connectivity index (χ3n) is 5.54. The monoisotopic (exact) mass is 519 g/mol. The summed E-state index contributed by atoms with van der Waals surface area (Å²) in [4.78, 5) is 15.6. The molecule has 4 nitrogen and oxygen atoms in total. The zero-order valence-corrected chi connectivity index (χ0v) is 20.5. The minimum atomic E-state index is -4.64. The number of nitrogens with zero attached hydrogens (tertiary/aromatic N) is 1. The lowest BCUT2D eigenvalue weighted by Gasteiger charge is -2.31. The Bertz CT molecular complexity index is 996. The molecule has 0 spiro atoms. The van der Waals surface area contributed by atoms with Crippen molar-refractivity contribution in [1.29, 1.82) is 0 Å². The summed E-state index contributed by atoms with van der Waals surface area (Å²) in [6, 6.07) is 7.61. The van der Waals surface area contributed by atoms with E-state index in [0.717, 1.165) is 35.1 Å². The summed E-state index contributed by atoms with van der Waals surface area (Å²) < 4.78 is 41.6. The van der Waals surface area contributed by atoms with Crippen LogP contribution in [0.3, 0.4) is 0 Å². The van der Waals surface area contributed by atoms with Crippen molar-refractivity contribution in [3.63, 3.8) is 0 Å². The molecule has 33 heavy (non-hydrogen) atoms. The van der Waals surface area contributed by atoms with Crippen LogP contribution in [0.25, 0.3) is 0 Å². The number of nitrogens with one attached hydrogen (secondary N) is 1. The van der Waals surface area contributed by atoms with Crippen molar-refractivity contribution in [3.05, 3.63) is 62.6 Å². The van der Waals surface area contributed by atoms with Crippen LogP contribution in [0.2, 0.25) is 10.0 Å². The van der Waals surface area contributed by atoms with E-state index in [2.05, 4.69) is 5.32 Å². The summed E-state index contributed by atoms with van der Waals surface area (Å²) in [6.07, 6.45) is -3.19. The van der Waals surface area contributed by atoms with Crippen LogP contribution in [0.5, 0.6) is 0 Å². The van der Waals surface area contributed by atoms with Crippen molar-refractivity contribution in [2.75, 3.05) is 18.8 Å². The number of benzene rings is 2. The van der Waals surface area contributed by atoms with Crippen molar-refractivity contribution in [1.82, 2.24) is 10.2 Å². The van der Waals surface area contributed by atoms with E-state index in [4.69, 9.17) is 28.9 Å². The Morgan fingerprint density at radius 3 is 2.55 bits per heavy atom. The minimum absolute atomic E-state index is 0.0207. The average molecular weight is 520 g/mol. The number of rotatable bonds is 7. The highest BCUT2D eigenvalue weighted by molar-refractivity contribution is 7.99. The maximum atomic E-state index is 13.9. The van der Waals surface area contributed by atoms with E-state index < -0.39 is 17.6 Å². The third kappa shape index (κ3) is 7.02. The first kappa shape index (κ1) is 26.2. The molecule has 10 heteroatoms. The molecule has 0 saturated carbocycles. The molecular formula is C23H26Cl2F3N3OS. The molecule has 2 aromatic carbocycles. The van der Waals surface area contributed by atoms with Crippen molar-refractivity contribution < 1.29 is 18.0 Å². The highest BCUT2D eigenvalue weighted by Gasteiger charge is 2.36. The van der Waals surface area contributed by atoms with Gasteiger partial charge in [0.05, 0.1) is 5.56 Å². The second-order valence-corrected chi connectivity index (χ2v) is 10.1. The molecule has 1 aliphatic rings. The Morgan fingerprint density at radius 1 is 1.21 bits per heavy atom. The number of piperidine rings is 1. The van der Waals surface area contributed by atoms with E-state index in [0.29, 0.717) is 18.1 Å². The molecule has 1 aliphatic heterocycles. The Morgan fingerprint density at radius 2 is 1.91 bits per heavy atom. The van der Waals surface area contributed by atoms with Gasteiger partial charge in [0.2, 0.25) is 0 Å². The van der Waals surface area contributed by atoms with Crippen molar-refractivity contribution in [2.24, 2.45) is 5.73 Å². The van der Waals surface area contributed by atoms with Gasteiger partial charge >= 0.3 is 6.18 Å². The van der Waals surface area contributed by atoms with Gasteiger partial charge in [0, 0.05) is 39.6 Å². The molecule has 3 N–H and O–H groups in total. The van der Waals surface area contributed by atoms with E-state index in [1.165, 1.54) is 6.07 Å². The maximum Gasteiger partial charge on any atom is 0.416 e. The van der Waals surface area contributed by atoms with Gasteiger partial charge in [-0.1, -0.05) is 30.1 Å². The Labute approximate surface area is 206 Å². The predicted octanol–water partition coefficient (Wildman–Crippen LogP) is 5.98. The Balaban J connectivity index is 1.81. The summed E-state index contributed by atoms with van der Waals surface area (Å²) in [7, 11) is 0. The summed E-state index contributed by atoms with van der Waals surface area (Å²) >= 11 is 13.9. The van der Waals surface area contributed by atoms with E-state index >= 15 is 0 Å². The topological polar surface area (TPSA) is 58.4 Å². The van der Waals surface area contributed by atoms with Crippen LogP contribution in [-0.4, -0.2) is 35.7 Å². The zero-order chi connectivity index (χ0) is 24.2. The van der Waals surface area contributed by atoms with Gasteiger partial charge < -0.3 is 11.1 Å². The number of hydrogen-bond donors (Lipinski definition) is 2. The third-order valence-corrected chi connectivity index (χ3v) is 7.11. The quantitative estimate of drug-likeness (QED) is 0.442. The maximum absolute atomic E-state index is 13.9. The second-order valence-electron chi connectivity index (χ2n) is 7.96. The Hall–Kier alpha value is -1.45. The summed E-state index contributed by atoms with van der Waals surface area (Å²) in [6.45, 7) is 3.41. The van der Waals surface area contributed by atoms with Crippen LogP contribution in [0.1, 0.15) is 46.8 Å². The van der Waals surface area contributed by atoms with E-state index in [1.54, 1.807) is 23.9 Å². The van der Waals surface area contributed by atoms with Gasteiger partial charge in [0.25, 0.3) is 5.91 Å². The number of alkyl halides is 3. The zero-order valence-electron chi connectivity index (χ0n) is 18.1. The minimum Gasteiger partial charge on any atom is -0.348 e. The van der Waals surface area contributed by atoms with Gasteiger partial charge in [-0.05, 0) is 73.1 Å². The number of likely N-dealkylation sites (tertiary alicyclic amines) is 1. The molecule has 1 amide bonds. The number of amides is 1. The number of halogens is 5. The number of carbonyl (C=O) groups excluding carboxylic acids is 1. The molecule has 1 saturated heterocycles. The van der Waals surface area contributed by atoms with Gasteiger partial charge in [0.15, 0.2) is 0 Å². The van der Waals surface area contributed by atoms with Crippen LogP contribution in [0.4, 0.5) is 13.2 Å². The van der Waals surface area contributed by atoms with Crippen LogP contribution < -0.4 is 11.1 Å². The van der Waals surface area contributed by atoms with Crippen LogP contribution in [-0.2, 0) is 19.3 Å². The molecule has 0 atom stereocenters. The first-order valence-electron chi connectivity index (χ1n) is 10.7. The van der Waals surface area contributed by atoms with Crippen molar-refractivity contribution in [3.8, 4) is 0 Å². The average Bonchev–Trinajstić information content (AvgIpc) is 2.75. The first-order valence-corrected chi connectivity index (χ1v) is 12.4. The summed E-state index contributed by atoms with van der Waals surface area (Å²) in [5.74, 6) is 0.197. The molecule has 0 unspecified atom stereocenters. The molecule has 3 rings (SSSR count). The Kier molecular flexibility index (Phi) is 8.97. The van der Waals surface area contributed by atoms with Crippen LogP contribution in [0, 0.1) is 0 Å². The fourth-order valence-electron chi connectivity index (χ4n) is 3.78. The normalized spacial score (nSPS) is 15.6. The van der Waals surface area contributed by atoms with Gasteiger partial charge in [-0.3, -0.25) is 9.69 Å². The van der Waals surface area contributed by atoms with E-state index in [9.17, 15) is 18.0 Å². The first-order chi connectivity index (χ1) is 15.6. The number of thioether (sulfide) groups is 1. The van der Waals surface area contributed by atoms with E-state index in [1.807, 2.05) is 17.9 Å². The van der Waals surface area contributed by atoms with Crippen LogP contribution >= 0.6 is 35.0 Å². The van der Waals surface area contributed by atoms with Crippen molar-refractivity contribution in [2.45, 2.75) is 50.0 Å². The molecule has 180 valence electrons. The van der Waals surface area contributed by atoms with E-state index in [-0.39, 0.29) is 35.3 Å². The lowest BCUT2D eigenvalue weighted by Crippen LogP contribution is -2.39. The van der Waals surface area contributed by atoms with Gasteiger partial charge in [-0.25, -0.2) is 0 Å². The smallest absolute Gasteiger partial charge is 0.348 e. The molecular weight excluding hydrogens is 494 g/mol. The second kappa shape index (κ2) is 11.3. The standard InChI is InChI=1S/C23H26Cl2F3N3OS/c1-2-33-21-4-3-16(24)9-15(21)12-30-22(32)14-10-19(23(26,27)28)18(20(25)11-14)13-31-7-5-17(29)6-8-31/h3-4,9-11,17H,2,5-8,12-13,29H2,1H3,(H,30,32). The van der Waals surface area contributed by atoms with Crippen molar-refractivity contribution >= 4 is 40.9 Å². The highest BCUT2D eigenvalue weighted by atomic mass is 35.5. The SMILES string of the molecule is CCSc1ccc(Cl)cc1CNC(=O)c1cc(Cl)c(CN2CCC(N)CC2)c(C(F)(F)F)c1. The van der Waals surface area contributed by atoms with Gasteiger partial charge in [-0.2, -0.15) is 13.2 Å². The largest absolute Gasteiger partial charge is 0.416 e. The molecule has 0 aliphatic carbocycles. The lowest BCUT2D eigenvalue weighted by molar-refractivity contribution is -0.138. The molecule has 0 radical (unpaired) electrons. The highest BCUT2D eigenvalue weighted by Crippen LogP contribution is 2.37. The van der Waals surface area contributed by atoms with Gasteiger partial charge in [0.1, 0.15) is 0 Å².